The van der Waals surface area contributed by atoms with Gasteiger partial charge < -0.3 is 4.90 Å². The highest BCUT2D eigenvalue weighted by Crippen LogP contribution is 2.22. The minimum Gasteiger partial charge on any atom is -0.378 e. The highest BCUT2D eigenvalue weighted by molar-refractivity contribution is 14.1. The average molecular weight is 394 g/mol. The van der Waals surface area contributed by atoms with Gasteiger partial charge in [-0.3, -0.25) is 10.1 Å². The van der Waals surface area contributed by atoms with Crippen LogP contribution in [-0.2, 0) is 0 Å². The fraction of sp³-hybridized carbons (Fsp3) is 0.125. The van der Waals surface area contributed by atoms with E-state index in [2.05, 4.69) is 34.7 Å². The molecule has 0 aromatic heterocycles. The molecule has 0 amide bonds. The predicted molar refractivity (Wildman–Crippen MR) is 95.5 cm³/mol. The number of hydrogen-bond acceptors (Lipinski definition) is 3. The Balaban J connectivity index is 2.19. The Labute approximate surface area is 137 Å². The Morgan fingerprint density at radius 3 is 2.29 bits per heavy atom. The molecule has 0 fully saturated rings. The van der Waals surface area contributed by atoms with E-state index in [4.69, 9.17) is 0 Å². The third-order valence-electron chi connectivity index (χ3n) is 3.06. The zero-order valence-electron chi connectivity index (χ0n) is 11.8. The summed E-state index contributed by atoms with van der Waals surface area (Å²) in [5.41, 5.74) is 3.33. The molecule has 0 N–H and O–H groups in total. The first-order chi connectivity index (χ1) is 9.97. The standard InChI is InChI=1S/C16H15IN2O2/c1-18(2)14-8-4-12(5-9-14)3-6-13-7-10-15(19(20)21)11-16(13)17/h3-11H,1-2H3/b6-3+. The van der Waals surface area contributed by atoms with Crippen LogP contribution >= 0.6 is 22.6 Å². The van der Waals surface area contributed by atoms with Gasteiger partial charge >= 0.3 is 0 Å². The van der Waals surface area contributed by atoms with Crippen molar-refractivity contribution in [3.05, 3.63) is 67.3 Å². The number of benzene rings is 2. The Kier molecular flexibility index (Phi) is 4.95. The molecule has 0 saturated heterocycles. The lowest BCUT2D eigenvalue weighted by Gasteiger charge is -2.11. The molecule has 0 unspecified atom stereocenters. The van der Waals surface area contributed by atoms with E-state index in [1.807, 2.05) is 43.3 Å². The van der Waals surface area contributed by atoms with Crippen molar-refractivity contribution in [1.82, 2.24) is 0 Å². The maximum absolute atomic E-state index is 10.7. The molecule has 0 spiro atoms. The molecule has 21 heavy (non-hydrogen) atoms. The van der Waals surface area contributed by atoms with Crippen LogP contribution in [0.4, 0.5) is 11.4 Å². The molecule has 0 radical (unpaired) electrons. The Hall–Kier alpha value is -1.89. The minimum atomic E-state index is -0.379. The van der Waals surface area contributed by atoms with E-state index >= 15 is 0 Å². The van der Waals surface area contributed by atoms with Crippen molar-refractivity contribution in [2.24, 2.45) is 0 Å². The van der Waals surface area contributed by atoms with Crippen LogP contribution in [0.2, 0.25) is 0 Å². The van der Waals surface area contributed by atoms with E-state index in [9.17, 15) is 10.1 Å². The van der Waals surface area contributed by atoms with Gasteiger partial charge in [0.15, 0.2) is 0 Å². The first-order valence-electron chi connectivity index (χ1n) is 6.37. The summed E-state index contributed by atoms with van der Waals surface area (Å²) in [7, 11) is 4.01. The van der Waals surface area contributed by atoms with Crippen LogP contribution in [0.1, 0.15) is 11.1 Å². The Morgan fingerprint density at radius 2 is 1.76 bits per heavy atom. The van der Waals surface area contributed by atoms with Gasteiger partial charge in [0, 0.05) is 35.5 Å². The summed E-state index contributed by atoms with van der Waals surface area (Å²) in [6.45, 7) is 0. The zero-order chi connectivity index (χ0) is 15.4. The summed E-state index contributed by atoms with van der Waals surface area (Å²) in [5, 5.41) is 10.7. The average Bonchev–Trinajstić information content (AvgIpc) is 2.46. The van der Waals surface area contributed by atoms with Gasteiger partial charge in [0.25, 0.3) is 5.69 Å². The first kappa shape index (κ1) is 15.5. The highest BCUT2D eigenvalue weighted by Gasteiger charge is 2.07. The predicted octanol–water partition coefficient (Wildman–Crippen LogP) is 4.44. The van der Waals surface area contributed by atoms with Crippen molar-refractivity contribution in [2.75, 3.05) is 19.0 Å². The van der Waals surface area contributed by atoms with Crippen LogP contribution in [0.5, 0.6) is 0 Å². The lowest BCUT2D eigenvalue weighted by molar-refractivity contribution is -0.384. The van der Waals surface area contributed by atoms with Crippen LogP contribution in [0, 0.1) is 13.7 Å². The van der Waals surface area contributed by atoms with Gasteiger partial charge in [-0.2, -0.15) is 0 Å². The van der Waals surface area contributed by atoms with Crippen LogP contribution in [0.15, 0.2) is 42.5 Å². The van der Waals surface area contributed by atoms with Crippen molar-refractivity contribution in [1.29, 1.82) is 0 Å². The number of halogens is 1. The molecule has 2 aromatic rings. The molecule has 108 valence electrons. The van der Waals surface area contributed by atoms with Crippen LogP contribution in [-0.4, -0.2) is 19.0 Å². The quantitative estimate of drug-likeness (QED) is 0.334. The molecule has 5 heteroatoms. The maximum atomic E-state index is 10.7. The molecule has 0 aliphatic carbocycles. The summed E-state index contributed by atoms with van der Waals surface area (Å²) < 4.78 is 0.864. The fourth-order valence-corrected chi connectivity index (χ4v) is 2.51. The lowest BCUT2D eigenvalue weighted by Crippen LogP contribution is -2.07. The normalized spacial score (nSPS) is 10.8. The monoisotopic (exact) mass is 394 g/mol. The van der Waals surface area contributed by atoms with E-state index in [1.165, 1.54) is 6.07 Å². The molecule has 0 saturated carbocycles. The minimum absolute atomic E-state index is 0.117. The molecule has 0 aliphatic heterocycles. The van der Waals surface area contributed by atoms with Gasteiger partial charge in [0.1, 0.15) is 0 Å². The number of non-ortho nitro benzene ring substituents is 1. The van der Waals surface area contributed by atoms with Gasteiger partial charge in [-0.05, 0) is 51.9 Å². The van der Waals surface area contributed by atoms with Crippen LogP contribution < -0.4 is 4.90 Å². The third-order valence-corrected chi connectivity index (χ3v) is 3.99. The summed E-state index contributed by atoms with van der Waals surface area (Å²) in [6.07, 6.45) is 3.97. The molecule has 0 aliphatic rings. The summed E-state index contributed by atoms with van der Waals surface area (Å²) in [6, 6.07) is 13.1. The van der Waals surface area contributed by atoms with E-state index < -0.39 is 0 Å². The van der Waals surface area contributed by atoms with Crippen molar-refractivity contribution in [2.45, 2.75) is 0 Å². The Bertz CT molecular complexity index is 679. The van der Waals surface area contributed by atoms with Crippen molar-refractivity contribution >= 4 is 46.1 Å². The number of rotatable bonds is 4. The van der Waals surface area contributed by atoms with Gasteiger partial charge in [0.05, 0.1) is 4.92 Å². The zero-order valence-corrected chi connectivity index (χ0v) is 13.9. The van der Waals surface area contributed by atoms with Gasteiger partial charge in [-0.25, -0.2) is 0 Å². The number of hydrogen-bond donors (Lipinski definition) is 0. The molecule has 2 rings (SSSR count). The topological polar surface area (TPSA) is 46.4 Å². The van der Waals surface area contributed by atoms with Crippen molar-refractivity contribution in [3.8, 4) is 0 Å². The van der Waals surface area contributed by atoms with E-state index in [0.717, 1.165) is 20.4 Å². The van der Waals surface area contributed by atoms with E-state index in [1.54, 1.807) is 12.1 Å². The lowest BCUT2D eigenvalue weighted by atomic mass is 10.1. The van der Waals surface area contributed by atoms with E-state index in [0.29, 0.717) is 0 Å². The van der Waals surface area contributed by atoms with Crippen LogP contribution in [0.3, 0.4) is 0 Å². The van der Waals surface area contributed by atoms with Crippen molar-refractivity contribution < 1.29 is 4.92 Å². The van der Waals surface area contributed by atoms with Gasteiger partial charge in [-0.1, -0.05) is 24.3 Å². The molecule has 2 aromatic carbocycles. The summed E-state index contributed by atoms with van der Waals surface area (Å²) in [5.74, 6) is 0. The Morgan fingerprint density at radius 1 is 1.10 bits per heavy atom. The van der Waals surface area contributed by atoms with Gasteiger partial charge in [-0.15, -0.1) is 0 Å². The molecular weight excluding hydrogens is 379 g/mol. The molecule has 0 bridgehead atoms. The molecule has 4 nitrogen and oxygen atoms in total. The number of nitro benzene ring substituents is 1. The SMILES string of the molecule is CN(C)c1ccc(/C=C/c2ccc([N+](=O)[O-])cc2I)cc1. The second-order valence-corrected chi connectivity index (χ2v) is 5.94. The van der Waals surface area contributed by atoms with Crippen LogP contribution in [0.25, 0.3) is 12.2 Å². The number of nitrogens with zero attached hydrogens (tertiary/aromatic N) is 2. The second kappa shape index (κ2) is 6.71. The van der Waals surface area contributed by atoms with Gasteiger partial charge in [0.2, 0.25) is 0 Å². The van der Waals surface area contributed by atoms with E-state index in [-0.39, 0.29) is 10.6 Å². The van der Waals surface area contributed by atoms with Crippen molar-refractivity contribution in [3.63, 3.8) is 0 Å². The maximum Gasteiger partial charge on any atom is 0.270 e. The largest absolute Gasteiger partial charge is 0.378 e. The number of nitro groups is 1. The molecule has 0 atom stereocenters. The first-order valence-corrected chi connectivity index (χ1v) is 7.44. The fourth-order valence-electron chi connectivity index (χ4n) is 1.83. The summed E-state index contributed by atoms with van der Waals surface area (Å²) >= 11 is 2.11. The highest BCUT2D eigenvalue weighted by atomic mass is 127. The third kappa shape index (κ3) is 4.04. The smallest absolute Gasteiger partial charge is 0.270 e. The number of anilines is 1. The molecular formula is C16H15IN2O2. The molecule has 0 heterocycles. The second-order valence-electron chi connectivity index (χ2n) is 4.78. The summed E-state index contributed by atoms with van der Waals surface area (Å²) in [4.78, 5) is 12.4.